The summed E-state index contributed by atoms with van der Waals surface area (Å²) in [4.78, 5) is 12.4. The van der Waals surface area contributed by atoms with Gasteiger partial charge in [-0.3, -0.25) is 4.79 Å². The van der Waals surface area contributed by atoms with Gasteiger partial charge in [-0.25, -0.2) is 0 Å². The molecule has 0 heterocycles. The summed E-state index contributed by atoms with van der Waals surface area (Å²) in [6.07, 6.45) is 3.48. The molecule has 25 heavy (non-hydrogen) atoms. The average Bonchev–Trinajstić information content (AvgIpc) is 3.20. The molecule has 0 aliphatic heterocycles. The predicted octanol–water partition coefficient (Wildman–Crippen LogP) is 3.13. The fraction of sp³-hybridized carbons (Fsp3) is 0.450. The summed E-state index contributed by atoms with van der Waals surface area (Å²) in [6, 6.07) is 14.2. The minimum Gasteiger partial charge on any atom is -0.491 e. The van der Waals surface area contributed by atoms with Gasteiger partial charge in [-0.05, 0) is 42.6 Å². The van der Waals surface area contributed by atoms with Crippen molar-refractivity contribution >= 4 is 29.1 Å². The number of carbonyl (C=O) groups excluding carboxylic acids is 1. The highest BCUT2D eigenvalue weighted by Gasteiger charge is 2.48. The number of nitrogens with two attached hydrogens (primary N) is 1. The van der Waals surface area contributed by atoms with Gasteiger partial charge in [-0.15, -0.1) is 12.4 Å². The van der Waals surface area contributed by atoms with Gasteiger partial charge in [0.1, 0.15) is 12.4 Å². The highest BCUT2D eigenvalue weighted by Crippen LogP contribution is 2.47. The van der Waals surface area contributed by atoms with E-state index in [1.165, 1.54) is 6.42 Å². The summed E-state index contributed by atoms with van der Waals surface area (Å²) in [5.41, 5.74) is 6.23. The van der Waals surface area contributed by atoms with Crippen LogP contribution in [0.4, 0.5) is 0 Å². The van der Waals surface area contributed by atoms with Crippen molar-refractivity contribution in [1.82, 2.24) is 5.32 Å². The van der Waals surface area contributed by atoms with E-state index in [4.69, 9.17) is 10.5 Å². The second-order valence-electron chi connectivity index (χ2n) is 7.05. The summed E-state index contributed by atoms with van der Waals surface area (Å²) in [6.45, 7) is 0.985. The molecule has 5 heteroatoms. The topological polar surface area (TPSA) is 64.4 Å². The zero-order valence-corrected chi connectivity index (χ0v) is 15.0. The van der Waals surface area contributed by atoms with E-state index in [0.717, 1.165) is 29.4 Å². The molecule has 2 saturated carbocycles. The number of carbonyl (C=O) groups is 1. The molecule has 2 bridgehead atoms. The Balaban J connectivity index is 0.00000182. The number of amides is 1. The molecule has 2 fully saturated rings. The SMILES string of the molecule is Cl.NC1C2CCC(C2)C1C(=O)NCCOc1cccc2ccccc12. The molecular formula is C20H25ClN2O2. The smallest absolute Gasteiger partial charge is 0.225 e. The van der Waals surface area contributed by atoms with Crippen LogP contribution in [-0.4, -0.2) is 25.1 Å². The summed E-state index contributed by atoms with van der Waals surface area (Å²) in [5, 5.41) is 5.27. The van der Waals surface area contributed by atoms with Crippen LogP contribution in [0.5, 0.6) is 5.75 Å². The van der Waals surface area contributed by atoms with Crippen LogP contribution in [0.15, 0.2) is 42.5 Å². The number of hydrogen-bond donors (Lipinski definition) is 2. The molecule has 3 N–H and O–H groups in total. The van der Waals surface area contributed by atoms with Gasteiger partial charge >= 0.3 is 0 Å². The lowest BCUT2D eigenvalue weighted by Gasteiger charge is -2.27. The third-order valence-electron chi connectivity index (χ3n) is 5.69. The van der Waals surface area contributed by atoms with Crippen LogP contribution in [-0.2, 0) is 4.79 Å². The van der Waals surface area contributed by atoms with Crippen molar-refractivity contribution in [3.05, 3.63) is 42.5 Å². The fourth-order valence-corrected chi connectivity index (χ4v) is 4.50. The highest BCUT2D eigenvalue weighted by molar-refractivity contribution is 5.88. The summed E-state index contributed by atoms with van der Waals surface area (Å²) in [5.74, 6) is 2.01. The number of nitrogens with one attached hydrogen (secondary N) is 1. The van der Waals surface area contributed by atoms with Crippen molar-refractivity contribution in [2.45, 2.75) is 25.3 Å². The Morgan fingerprint density at radius 1 is 1.12 bits per heavy atom. The van der Waals surface area contributed by atoms with E-state index in [1.807, 2.05) is 24.3 Å². The second-order valence-corrected chi connectivity index (χ2v) is 7.05. The predicted molar refractivity (Wildman–Crippen MR) is 102 cm³/mol. The Kier molecular flexibility index (Phi) is 5.50. The largest absolute Gasteiger partial charge is 0.491 e. The van der Waals surface area contributed by atoms with Gasteiger partial charge in [0, 0.05) is 11.4 Å². The standard InChI is InChI=1S/C20H24N2O2.ClH/c21-19-15-9-8-14(12-15)18(19)20(23)22-10-11-24-17-7-3-5-13-4-1-2-6-16(13)17;/h1-7,14-15,18-19H,8-12,21H2,(H,22,23);1H. The van der Waals surface area contributed by atoms with E-state index >= 15 is 0 Å². The van der Waals surface area contributed by atoms with E-state index in [0.29, 0.717) is 25.0 Å². The molecule has 0 radical (unpaired) electrons. The number of benzene rings is 2. The number of halogens is 1. The normalized spacial score (nSPS) is 27.1. The molecule has 2 aromatic carbocycles. The van der Waals surface area contributed by atoms with Gasteiger partial charge in [-0.2, -0.15) is 0 Å². The van der Waals surface area contributed by atoms with Crippen molar-refractivity contribution in [3.8, 4) is 5.75 Å². The van der Waals surface area contributed by atoms with Gasteiger partial charge in [-0.1, -0.05) is 36.4 Å². The van der Waals surface area contributed by atoms with Crippen LogP contribution >= 0.6 is 12.4 Å². The van der Waals surface area contributed by atoms with Gasteiger partial charge in [0.25, 0.3) is 0 Å². The average molecular weight is 361 g/mol. The molecule has 1 amide bonds. The van der Waals surface area contributed by atoms with Crippen molar-refractivity contribution in [1.29, 1.82) is 0 Å². The Morgan fingerprint density at radius 2 is 1.88 bits per heavy atom. The number of fused-ring (bicyclic) bond motifs is 3. The van der Waals surface area contributed by atoms with Crippen LogP contribution in [0.1, 0.15) is 19.3 Å². The molecule has 0 saturated heterocycles. The number of rotatable bonds is 5. The van der Waals surface area contributed by atoms with Crippen molar-refractivity contribution in [2.24, 2.45) is 23.5 Å². The van der Waals surface area contributed by atoms with E-state index in [1.54, 1.807) is 0 Å². The van der Waals surface area contributed by atoms with Gasteiger partial charge in [0.15, 0.2) is 0 Å². The Morgan fingerprint density at radius 3 is 2.68 bits per heavy atom. The molecule has 4 atom stereocenters. The van der Waals surface area contributed by atoms with Gasteiger partial charge in [0.2, 0.25) is 5.91 Å². The molecule has 0 aromatic heterocycles. The van der Waals surface area contributed by atoms with Crippen LogP contribution in [0.25, 0.3) is 10.8 Å². The Labute approximate surface area is 154 Å². The maximum Gasteiger partial charge on any atom is 0.225 e. The quantitative estimate of drug-likeness (QED) is 0.805. The fourth-order valence-electron chi connectivity index (χ4n) is 4.50. The van der Waals surface area contributed by atoms with Crippen molar-refractivity contribution < 1.29 is 9.53 Å². The Bertz CT molecular complexity index is 744. The first-order chi connectivity index (χ1) is 11.7. The zero-order valence-electron chi connectivity index (χ0n) is 14.2. The molecule has 2 aromatic rings. The van der Waals surface area contributed by atoms with E-state index in [9.17, 15) is 4.79 Å². The first-order valence-electron chi connectivity index (χ1n) is 8.88. The second kappa shape index (κ2) is 7.63. The maximum absolute atomic E-state index is 12.4. The minimum absolute atomic E-state index is 0. The molecule has 4 unspecified atom stereocenters. The number of hydrogen-bond acceptors (Lipinski definition) is 3. The third-order valence-corrected chi connectivity index (χ3v) is 5.69. The lowest BCUT2D eigenvalue weighted by molar-refractivity contribution is -0.127. The van der Waals surface area contributed by atoms with Crippen LogP contribution < -0.4 is 15.8 Å². The molecular weight excluding hydrogens is 336 g/mol. The molecule has 4 nitrogen and oxygen atoms in total. The van der Waals surface area contributed by atoms with Gasteiger partial charge < -0.3 is 15.8 Å². The van der Waals surface area contributed by atoms with Crippen LogP contribution in [0.2, 0.25) is 0 Å². The first kappa shape index (κ1) is 18.0. The number of ether oxygens (including phenoxy) is 1. The van der Waals surface area contributed by atoms with Crippen LogP contribution in [0.3, 0.4) is 0 Å². The summed E-state index contributed by atoms with van der Waals surface area (Å²) >= 11 is 0. The van der Waals surface area contributed by atoms with E-state index in [-0.39, 0.29) is 30.3 Å². The van der Waals surface area contributed by atoms with Crippen LogP contribution in [0, 0.1) is 17.8 Å². The van der Waals surface area contributed by atoms with Gasteiger partial charge in [0.05, 0.1) is 12.5 Å². The zero-order chi connectivity index (χ0) is 16.5. The maximum atomic E-state index is 12.4. The monoisotopic (exact) mass is 360 g/mol. The van der Waals surface area contributed by atoms with E-state index in [2.05, 4.69) is 23.5 Å². The molecule has 134 valence electrons. The molecule has 4 rings (SSSR count). The Hall–Kier alpha value is -1.78. The highest BCUT2D eigenvalue weighted by atomic mass is 35.5. The van der Waals surface area contributed by atoms with Crippen molar-refractivity contribution in [3.63, 3.8) is 0 Å². The van der Waals surface area contributed by atoms with Crippen molar-refractivity contribution in [2.75, 3.05) is 13.2 Å². The third kappa shape index (κ3) is 3.46. The first-order valence-corrected chi connectivity index (χ1v) is 8.88. The molecule has 0 spiro atoms. The molecule has 2 aliphatic rings. The van der Waals surface area contributed by atoms with E-state index < -0.39 is 0 Å². The minimum atomic E-state index is 0. The lowest BCUT2D eigenvalue weighted by Crippen LogP contribution is -2.46. The molecule has 2 aliphatic carbocycles. The lowest BCUT2D eigenvalue weighted by atomic mass is 9.84. The summed E-state index contributed by atoms with van der Waals surface area (Å²) < 4.78 is 5.88. The summed E-state index contributed by atoms with van der Waals surface area (Å²) in [7, 11) is 0.